The zero-order chi connectivity index (χ0) is 16.2. The van der Waals surface area contributed by atoms with Gasteiger partial charge in [-0.2, -0.15) is 0 Å². The van der Waals surface area contributed by atoms with Gasteiger partial charge >= 0.3 is 5.97 Å². The van der Waals surface area contributed by atoms with Gasteiger partial charge in [0.1, 0.15) is 0 Å². The number of benzene rings is 1. The third-order valence-electron chi connectivity index (χ3n) is 2.85. The quantitative estimate of drug-likeness (QED) is 0.460. The SMILES string of the molecule is COC(CCS[C@@H](COCc1ccccc1)OC(C)=O)OC. The zero-order valence-electron chi connectivity index (χ0n) is 13.3. The van der Waals surface area contributed by atoms with E-state index in [1.807, 2.05) is 30.3 Å². The Morgan fingerprint density at radius 3 is 2.45 bits per heavy atom. The van der Waals surface area contributed by atoms with Crippen molar-refractivity contribution in [2.75, 3.05) is 26.6 Å². The number of rotatable bonds is 11. The maximum atomic E-state index is 11.2. The molecular formula is C16H24O5S. The van der Waals surface area contributed by atoms with Crippen LogP contribution in [0.4, 0.5) is 0 Å². The monoisotopic (exact) mass is 328 g/mol. The van der Waals surface area contributed by atoms with Gasteiger partial charge in [0.25, 0.3) is 0 Å². The highest BCUT2D eigenvalue weighted by molar-refractivity contribution is 7.99. The predicted octanol–water partition coefficient (Wildman–Crippen LogP) is 2.83. The molecule has 0 unspecified atom stereocenters. The Morgan fingerprint density at radius 1 is 1.18 bits per heavy atom. The molecule has 1 aromatic carbocycles. The molecule has 124 valence electrons. The molecule has 0 radical (unpaired) electrons. The van der Waals surface area contributed by atoms with E-state index in [1.54, 1.807) is 14.2 Å². The molecule has 0 N–H and O–H groups in total. The normalized spacial score (nSPS) is 12.4. The summed E-state index contributed by atoms with van der Waals surface area (Å²) in [5, 5.41) is 0. The van der Waals surface area contributed by atoms with Crippen LogP contribution in [0.1, 0.15) is 18.9 Å². The van der Waals surface area contributed by atoms with E-state index in [1.165, 1.54) is 18.7 Å². The fourth-order valence-corrected chi connectivity index (χ4v) is 2.76. The van der Waals surface area contributed by atoms with E-state index in [0.717, 1.165) is 11.3 Å². The van der Waals surface area contributed by atoms with E-state index >= 15 is 0 Å². The van der Waals surface area contributed by atoms with Crippen molar-refractivity contribution in [2.45, 2.75) is 31.7 Å². The fourth-order valence-electron chi connectivity index (χ4n) is 1.78. The molecule has 1 aromatic rings. The van der Waals surface area contributed by atoms with Crippen molar-refractivity contribution in [3.05, 3.63) is 35.9 Å². The van der Waals surface area contributed by atoms with Gasteiger partial charge in [-0.15, -0.1) is 11.8 Å². The lowest BCUT2D eigenvalue weighted by atomic mass is 10.2. The molecule has 1 rings (SSSR count). The van der Waals surface area contributed by atoms with Gasteiger partial charge in [-0.05, 0) is 5.56 Å². The Bertz CT molecular complexity index is 408. The number of ether oxygens (including phenoxy) is 4. The lowest BCUT2D eigenvalue weighted by molar-refractivity contribution is -0.144. The summed E-state index contributed by atoms with van der Waals surface area (Å²) in [7, 11) is 3.21. The minimum absolute atomic E-state index is 0.240. The first kappa shape index (κ1) is 19.0. The molecule has 0 saturated heterocycles. The first-order valence-electron chi connectivity index (χ1n) is 7.11. The molecule has 0 aliphatic rings. The van der Waals surface area contributed by atoms with Gasteiger partial charge in [-0.25, -0.2) is 0 Å². The lowest BCUT2D eigenvalue weighted by Crippen LogP contribution is -2.21. The summed E-state index contributed by atoms with van der Waals surface area (Å²) >= 11 is 1.52. The summed E-state index contributed by atoms with van der Waals surface area (Å²) in [5.41, 5.74) is 0.767. The topological polar surface area (TPSA) is 54.0 Å². The van der Waals surface area contributed by atoms with E-state index in [9.17, 15) is 4.79 Å². The van der Waals surface area contributed by atoms with Crippen LogP contribution in [0, 0.1) is 0 Å². The van der Waals surface area contributed by atoms with E-state index in [-0.39, 0.29) is 17.7 Å². The molecule has 0 bridgehead atoms. The average Bonchev–Trinajstić information content (AvgIpc) is 2.52. The maximum Gasteiger partial charge on any atom is 0.303 e. The molecule has 0 aliphatic carbocycles. The number of esters is 1. The number of thioether (sulfide) groups is 1. The Kier molecular flexibility index (Phi) is 9.90. The first-order chi connectivity index (χ1) is 10.7. The Morgan fingerprint density at radius 2 is 1.86 bits per heavy atom. The molecule has 0 aliphatic heterocycles. The van der Waals surface area contributed by atoms with E-state index < -0.39 is 0 Å². The van der Waals surface area contributed by atoms with Gasteiger partial charge in [-0.1, -0.05) is 30.3 Å². The highest BCUT2D eigenvalue weighted by Crippen LogP contribution is 2.17. The number of hydrogen-bond donors (Lipinski definition) is 0. The molecule has 0 fully saturated rings. The molecule has 0 aromatic heterocycles. The Balaban J connectivity index is 2.32. The highest BCUT2D eigenvalue weighted by atomic mass is 32.2. The Hall–Kier alpha value is -1.08. The maximum absolute atomic E-state index is 11.2. The standard InChI is InChI=1S/C16H24O5S/c1-13(17)21-16(22-10-9-15(18-2)19-3)12-20-11-14-7-5-4-6-8-14/h4-8,15-16H,9-12H2,1-3H3/t16-/m0/s1. The zero-order valence-corrected chi connectivity index (χ0v) is 14.1. The second-order valence-corrected chi connectivity index (χ2v) is 5.87. The van der Waals surface area contributed by atoms with Crippen molar-refractivity contribution in [1.29, 1.82) is 0 Å². The molecule has 5 nitrogen and oxygen atoms in total. The lowest BCUT2D eigenvalue weighted by Gasteiger charge is -2.18. The van der Waals surface area contributed by atoms with Gasteiger partial charge in [0.05, 0.1) is 13.2 Å². The fraction of sp³-hybridized carbons (Fsp3) is 0.562. The van der Waals surface area contributed by atoms with Crippen LogP contribution >= 0.6 is 11.8 Å². The first-order valence-corrected chi connectivity index (χ1v) is 8.16. The van der Waals surface area contributed by atoms with Crippen LogP contribution < -0.4 is 0 Å². The summed E-state index contributed by atoms with van der Waals surface area (Å²) in [6.45, 7) is 2.25. The average molecular weight is 328 g/mol. The minimum atomic E-state index is -0.324. The molecular weight excluding hydrogens is 304 g/mol. The number of carbonyl (C=O) groups is 1. The van der Waals surface area contributed by atoms with E-state index in [2.05, 4.69) is 0 Å². The van der Waals surface area contributed by atoms with Crippen LogP contribution in [0.5, 0.6) is 0 Å². The van der Waals surface area contributed by atoms with Gasteiger partial charge in [-0.3, -0.25) is 4.79 Å². The Labute approximate surface area is 136 Å². The van der Waals surface area contributed by atoms with Gasteiger partial charge < -0.3 is 18.9 Å². The summed E-state index contributed by atoms with van der Waals surface area (Å²) in [6, 6.07) is 9.88. The van der Waals surface area contributed by atoms with Crippen LogP contribution in [0.3, 0.4) is 0 Å². The van der Waals surface area contributed by atoms with Crippen molar-refractivity contribution in [3.8, 4) is 0 Å². The van der Waals surface area contributed by atoms with Crippen LogP contribution in [0.25, 0.3) is 0 Å². The van der Waals surface area contributed by atoms with Gasteiger partial charge in [0, 0.05) is 33.3 Å². The third-order valence-corrected chi connectivity index (χ3v) is 3.92. The van der Waals surface area contributed by atoms with E-state index in [4.69, 9.17) is 18.9 Å². The van der Waals surface area contributed by atoms with Crippen LogP contribution in [-0.2, 0) is 30.3 Å². The van der Waals surface area contributed by atoms with Crippen molar-refractivity contribution in [3.63, 3.8) is 0 Å². The van der Waals surface area contributed by atoms with Crippen LogP contribution in [0.15, 0.2) is 30.3 Å². The van der Waals surface area contributed by atoms with Crippen molar-refractivity contribution in [1.82, 2.24) is 0 Å². The molecule has 0 heterocycles. The second-order valence-electron chi connectivity index (χ2n) is 4.60. The summed E-state index contributed by atoms with van der Waals surface area (Å²) < 4.78 is 21.1. The van der Waals surface area contributed by atoms with E-state index in [0.29, 0.717) is 19.6 Å². The molecule has 1 atom stereocenters. The molecule has 22 heavy (non-hydrogen) atoms. The minimum Gasteiger partial charge on any atom is -0.449 e. The molecule has 0 spiro atoms. The highest BCUT2D eigenvalue weighted by Gasteiger charge is 2.14. The molecule has 6 heteroatoms. The third kappa shape index (κ3) is 8.38. The summed E-state index contributed by atoms with van der Waals surface area (Å²) in [5.74, 6) is 0.440. The summed E-state index contributed by atoms with van der Waals surface area (Å²) in [6.07, 6.45) is 0.476. The number of carbonyl (C=O) groups excluding carboxylic acids is 1. The summed E-state index contributed by atoms with van der Waals surface area (Å²) in [4.78, 5) is 11.2. The van der Waals surface area contributed by atoms with Crippen LogP contribution in [-0.4, -0.2) is 44.3 Å². The number of methoxy groups -OCH3 is 2. The smallest absolute Gasteiger partial charge is 0.303 e. The number of hydrogen-bond acceptors (Lipinski definition) is 6. The molecule has 0 amide bonds. The molecule has 0 saturated carbocycles. The van der Waals surface area contributed by atoms with Crippen molar-refractivity contribution in [2.24, 2.45) is 0 Å². The van der Waals surface area contributed by atoms with Crippen LogP contribution in [0.2, 0.25) is 0 Å². The van der Waals surface area contributed by atoms with Gasteiger partial charge in [0.15, 0.2) is 11.7 Å². The van der Waals surface area contributed by atoms with Gasteiger partial charge in [0.2, 0.25) is 0 Å². The van der Waals surface area contributed by atoms with Crippen molar-refractivity contribution < 1.29 is 23.7 Å². The predicted molar refractivity (Wildman–Crippen MR) is 86.5 cm³/mol. The second kappa shape index (κ2) is 11.5. The largest absolute Gasteiger partial charge is 0.449 e. The van der Waals surface area contributed by atoms with Crippen molar-refractivity contribution >= 4 is 17.7 Å².